The van der Waals surface area contributed by atoms with Gasteiger partial charge < -0.3 is 19.5 Å². The molecule has 1 aromatic heterocycles. The quantitative estimate of drug-likeness (QED) is 0.775. The van der Waals surface area contributed by atoms with Crippen LogP contribution in [0.25, 0.3) is 0 Å². The van der Waals surface area contributed by atoms with Crippen molar-refractivity contribution in [1.29, 1.82) is 0 Å². The molecule has 0 aliphatic carbocycles. The van der Waals surface area contributed by atoms with Gasteiger partial charge in [0.05, 0.1) is 5.69 Å². The van der Waals surface area contributed by atoms with Crippen molar-refractivity contribution < 1.29 is 19.0 Å². The van der Waals surface area contributed by atoms with E-state index >= 15 is 0 Å². The third kappa shape index (κ3) is 3.41. The molecule has 0 saturated heterocycles. The number of carbonyl (C=O) groups excluding carboxylic acids is 1. The molecule has 2 heterocycles. The lowest BCUT2D eigenvalue weighted by Crippen LogP contribution is -2.11. The summed E-state index contributed by atoms with van der Waals surface area (Å²) >= 11 is 0. The summed E-state index contributed by atoms with van der Waals surface area (Å²) in [5.74, 6) is 1.88. The molecule has 1 N–H and O–H groups in total. The molecule has 1 aliphatic heterocycles. The van der Waals surface area contributed by atoms with E-state index in [1.54, 1.807) is 54.6 Å². The molecule has 2 aromatic carbocycles. The van der Waals surface area contributed by atoms with Crippen LogP contribution in [0.2, 0.25) is 0 Å². The zero-order chi connectivity index (χ0) is 17.9. The van der Waals surface area contributed by atoms with Gasteiger partial charge in [-0.15, -0.1) is 5.10 Å². The van der Waals surface area contributed by atoms with E-state index in [2.05, 4.69) is 15.5 Å². The van der Waals surface area contributed by atoms with E-state index in [9.17, 15) is 4.79 Å². The highest BCUT2D eigenvalue weighted by molar-refractivity contribution is 6.04. The number of aryl methyl sites for hydroxylation is 1. The standard InChI is InChI=1S/C19H15N3O4/c1-12-5-8-18(22-21-12)26-15-4-2-3-13(9-15)19(23)20-14-6-7-16-17(10-14)25-11-24-16/h2-10H,11H2,1H3,(H,20,23). The first-order chi connectivity index (χ1) is 12.7. The van der Waals surface area contributed by atoms with E-state index in [1.165, 1.54) is 0 Å². The molecular formula is C19H15N3O4. The van der Waals surface area contributed by atoms with Crippen molar-refractivity contribution in [1.82, 2.24) is 10.2 Å². The third-order valence-electron chi connectivity index (χ3n) is 3.72. The topological polar surface area (TPSA) is 82.6 Å². The maximum Gasteiger partial charge on any atom is 0.255 e. The molecule has 4 rings (SSSR count). The van der Waals surface area contributed by atoms with Crippen LogP contribution in [0.3, 0.4) is 0 Å². The number of carbonyl (C=O) groups is 1. The molecule has 0 saturated carbocycles. The number of hydrogen-bond donors (Lipinski definition) is 1. The van der Waals surface area contributed by atoms with E-state index < -0.39 is 0 Å². The molecular weight excluding hydrogens is 334 g/mol. The van der Waals surface area contributed by atoms with Gasteiger partial charge in [-0.05, 0) is 43.3 Å². The zero-order valence-corrected chi connectivity index (χ0v) is 13.9. The largest absolute Gasteiger partial charge is 0.454 e. The normalized spacial score (nSPS) is 11.9. The van der Waals surface area contributed by atoms with E-state index in [0.29, 0.717) is 34.4 Å². The number of amides is 1. The van der Waals surface area contributed by atoms with Crippen LogP contribution in [0.4, 0.5) is 5.69 Å². The molecule has 0 fully saturated rings. The fourth-order valence-corrected chi connectivity index (χ4v) is 2.44. The van der Waals surface area contributed by atoms with Gasteiger partial charge in [0.2, 0.25) is 12.7 Å². The average molecular weight is 349 g/mol. The summed E-state index contributed by atoms with van der Waals surface area (Å²) < 4.78 is 16.2. The number of fused-ring (bicyclic) bond motifs is 1. The lowest BCUT2D eigenvalue weighted by Gasteiger charge is -2.08. The molecule has 7 nitrogen and oxygen atoms in total. The summed E-state index contributed by atoms with van der Waals surface area (Å²) in [6.45, 7) is 2.03. The van der Waals surface area contributed by atoms with Crippen molar-refractivity contribution in [3.05, 3.63) is 65.9 Å². The van der Waals surface area contributed by atoms with Crippen molar-refractivity contribution in [3.63, 3.8) is 0 Å². The van der Waals surface area contributed by atoms with Gasteiger partial charge in [-0.2, -0.15) is 5.10 Å². The predicted molar refractivity (Wildman–Crippen MR) is 93.8 cm³/mol. The Morgan fingerprint density at radius 1 is 1.04 bits per heavy atom. The van der Waals surface area contributed by atoms with Gasteiger partial charge in [0.15, 0.2) is 11.5 Å². The molecule has 1 amide bonds. The minimum Gasteiger partial charge on any atom is -0.454 e. The summed E-state index contributed by atoms with van der Waals surface area (Å²) in [6.07, 6.45) is 0. The number of benzene rings is 2. The fraction of sp³-hybridized carbons (Fsp3) is 0.105. The van der Waals surface area contributed by atoms with Crippen LogP contribution >= 0.6 is 0 Å². The first kappa shape index (κ1) is 15.9. The second kappa shape index (κ2) is 6.72. The van der Waals surface area contributed by atoms with Gasteiger partial charge in [-0.25, -0.2) is 0 Å². The summed E-state index contributed by atoms with van der Waals surface area (Å²) in [5.41, 5.74) is 1.88. The Morgan fingerprint density at radius 3 is 2.77 bits per heavy atom. The van der Waals surface area contributed by atoms with Crippen molar-refractivity contribution >= 4 is 11.6 Å². The highest BCUT2D eigenvalue weighted by Crippen LogP contribution is 2.34. The first-order valence-electron chi connectivity index (χ1n) is 7.97. The summed E-state index contributed by atoms with van der Waals surface area (Å²) in [6, 6.07) is 15.6. The molecule has 0 spiro atoms. The summed E-state index contributed by atoms with van der Waals surface area (Å²) in [4.78, 5) is 12.5. The molecule has 0 radical (unpaired) electrons. The maximum absolute atomic E-state index is 12.5. The third-order valence-corrected chi connectivity index (χ3v) is 3.72. The number of hydrogen-bond acceptors (Lipinski definition) is 6. The van der Waals surface area contributed by atoms with E-state index in [1.807, 2.05) is 6.92 Å². The number of rotatable bonds is 4. The molecule has 26 heavy (non-hydrogen) atoms. The molecule has 1 aliphatic rings. The zero-order valence-electron chi connectivity index (χ0n) is 13.9. The van der Waals surface area contributed by atoms with Gasteiger partial charge in [0.1, 0.15) is 5.75 Å². The van der Waals surface area contributed by atoms with Gasteiger partial charge in [0.25, 0.3) is 5.91 Å². The Morgan fingerprint density at radius 2 is 1.92 bits per heavy atom. The minimum atomic E-state index is -0.260. The Balaban J connectivity index is 1.48. The Labute approximate surface area is 149 Å². The number of aromatic nitrogens is 2. The highest BCUT2D eigenvalue weighted by Gasteiger charge is 2.15. The molecule has 7 heteroatoms. The van der Waals surface area contributed by atoms with Crippen LogP contribution in [0.5, 0.6) is 23.1 Å². The van der Waals surface area contributed by atoms with Crippen molar-refractivity contribution in [2.24, 2.45) is 0 Å². The molecule has 130 valence electrons. The Hall–Kier alpha value is -3.61. The Bertz CT molecular complexity index is 957. The van der Waals surface area contributed by atoms with E-state index in [0.717, 1.165) is 5.69 Å². The fourth-order valence-electron chi connectivity index (χ4n) is 2.44. The molecule has 3 aromatic rings. The average Bonchev–Trinajstić information content (AvgIpc) is 3.12. The summed E-state index contributed by atoms with van der Waals surface area (Å²) in [7, 11) is 0. The lowest BCUT2D eigenvalue weighted by molar-refractivity contribution is 0.102. The minimum absolute atomic E-state index is 0.189. The highest BCUT2D eigenvalue weighted by atomic mass is 16.7. The summed E-state index contributed by atoms with van der Waals surface area (Å²) in [5, 5.41) is 10.7. The first-order valence-corrected chi connectivity index (χ1v) is 7.97. The predicted octanol–water partition coefficient (Wildman–Crippen LogP) is 3.56. The second-order valence-corrected chi connectivity index (χ2v) is 5.67. The number of nitrogens with zero attached hydrogens (tertiary/aromatic N) is 2. The molecule has 0 atom stereocenters. The van der Waals surface area contributed by atoms with E-state index in [4.69, 9.17) is 14.2 Å². The van der Waals surface area contributed by atoms with Crippen LogP contribution in [-0.4, -0.2) is 22.9 Å². The molecule has 0 bridgehead atoms. The SMILES string of the molecule is Cc1ccc(Oc2cccc(C(=O)Nc3ccc4c(c3)OCO4)c2)nn1. The van der Waals surface area contributed by atoms with Gasteiger partial charge >= 0.3 is 0 Å². The van der Waals surface area contributed by atoms with E-state index in [-0.39, 0.29) is 12.7 Å². The van der Waals surface area contributed by atoms with Crippen LogP contribution < -0.4 is 19.5 Å². The van der Waals surface area contributed by atoms with Crippen LogP contribution in [0, 0.1) is 6.92 Å². The van der Waals surface area contributed by atoms with Crippen LogP contribution in [0.15, 0.2) is 54.6 Å². The maximum atomic E-state index is 12.5. The number of nitrogens with one attached hydrogen (secondary N) is 1. The molecule has 0 unspecified atom stereocenters. The van der Waals surface area contributed by atoms with Crippen molar-refractivity contribution in [3.8, 4) is 23.1 Å². The van der Waals surface area contributed by atoms with Gasteiger partial charge in [0, 0.05) is 23.4 Å². The number of ether oxygens (including phenoxy) is 3. The monoisotopic (exact) mass is 349 g/mol. The lowest BCUT2D eigenvalue weighted by atomic mass is 10.2. The van der Waals surface area contributed by atoms with Gasteiger partial charge in [-0.1, -0.05) is 6.07 Å². The van der Waals surface area contributed by atoms with Crippen molar-refractivity contribution in [2.45, 2.75) is 6.92 Å². The van der Waals surface area contributed by atoms with Crippen molar-refractivity contribution in [2.75, 3.05) is 12.1 Å². The smallest absolute Gasteiger partial charge is 0.255 e. The van der Waals surface area contributed by atoms with Crippen LogP contribution in [0.1, 0.15) is 16.1 Å². The van der Waals surface area contributed by atoms with Gasteiger partial charge in [-0.3, -0.25) is 4.79 Å². The Kier molecular flexibility index (Phi) is 4.10. The number of anilines is 1. The second-order valence-electron chi connectivity index (χ2n) is 5.67. The van der Waals surface area contributed by atoms with Crippen LogP contribution in [-0.2, 0) is 0 Å².